The third kappa shape index (κ3) is 5.04. The minimum absolute atomic E-state index is 0.103. The lowest BCUT2D eigenvalue weighted by molar-refractivity contribution is 0.317. The molecule has 3 aromatic rings. The van der Waals surface area contributed by atoms with Crippen LogP contribution in [0, 0.1) is 18.3 Å². The van der Waals surface area contributed by atoms with Gasteiger partial charge >= 0.3 is 0 Å². The number of benzene rings is 2. The van der Waals surface area contributed by atoms with Gasteiger partial charge in [0.2, 0.25) is 0 Å². The number of fused-ring (bicyclic) bond motifs is 1. The summed E-state index contributed by atoms with van der Waals surface area (Å²) in [4.78, 5) is 7.21. The molecule has 6 nitrogen and oxygen atoms in total. The number of nitrogens with zero attached hydrogens (tertiary/aromatic N) is 3. The Labute approximate surface area is 197 Å². The van der Waals surface area contributed by atoms with Crippen molar-refractivity contribution in [2.45, 2.75) is 52.1 Å². The molecule has 1 saturated heterocycles. The van der Waals surface area contributed by atoms with Crippen LogP contribution in [0.15, 0.2) is 42.5 Å². The van der Waals surface area contributed by atoms with E-state index in [0.29, 0.717) is 17.4 Å². The molecule has 1 aliphatic rings. The molecule has 0 aliphatic carbocycles. The van der Waals surface area contributed by atoms with Gasteiger partial charge in [-0.15, -0.1) is 0 Å². The monoisotopic (exact) mass is 442 g/mol. The van der Waals surface area contributed by atoms with Crippen molar-refractivity contribution in [3.05, 3.63) is 53.6 Å². The highest BCUT2D eigenvalue weighted by atomic mass is 15.2. The Balaban J connectivity index is 1.71. The first-order valence-corrected chi connectivity index (χ1v) is 11.7. The standard InChI is InChI=1S/C27H34N6/c1-18-16-20(10-11-23(18)29-5)30-26-22(17-28)25(21-8-6-7-9-24(21)31-26)33-14-12-19(13-15-33)32-27(2,3)4/h6-11,16,19,29,32H,12-15H2,1-5H3,(H,30,31). The molecular formula is C27H34N6. The summed E-state index contributed by atoms with van der Waals surface area (Å²) >= 11 is 0. The minimum atomic E-state index is 0.103. The number of para-hydroxylation sites is 1. The smallest absolute Gasteiger partial charge is 0.151 e. The van der Waals surface area contributed by atoms with Gasteiger partial charge in [0.1, 0.15) is 11.6 Å². The number of nitriles is 1. The number of nitrogens with one attached hydrogen (secondary N) is 3. The van der Waals surface area contributed by atoms with Crippen molar-refractivity contribution in [2.24, 2.45) is 0 Å². The summed E-state index contributed by atoms with van der Waals surface area (Å²) in [6.45, 7) is 10.5. The van der Waals surface area contributed by atoms with Crippen LogP contribution in [0.2, 0.25) is 0 Å². The molecule has 0 unspecified atom stereocenters. The van der Waals surface area contributed by atoms with Crippen LogP contribution < -0.4 is 20.9 Å². The molecule has 1 aliphatic heterocycles. The number of rotatable bonds is 5. The number of pyridine rings is 1. The minimum Gasteiger partial charge on any atom is -0.388 e. The molecule has 0 atom stereocenters. The first kappa shape index (κ1) is 22.9. The molecule has 4 rings (SSSR count). The van der Waals surface area contributed by atoms with Crippen LogP contribution in [-0.4, -0.2) is 36.7 Å². The molecule has 0 spiro atoms. The molecule has 2 aromatic carbocycles. The first-order valence-electron chi connectivity index (χ1n) is 11.7. The second kappa shape index (κ2) is 9.29. The van der Waals surface area contributed by atoms with E-state index >= 15 is 0 Å². The van der Waals surface area contributed by atoms with E-state index in [9.17, 15) is 5.26 Å². The zero-order chi connectivity index (χ0) is 23.6. The van der Waals surface area contributed by atoms with Gasteiger partial charge in [0.05, 0.1) is 11.2 Å². The lowest BCUT2D eigenvalue weighted by Crippen LogP contribution is -2.49. The molecule has 0 bridgehead atoms. The van der Waals surface area contributed by atoms with Crippen LogP contribution >= 0.6 is 0 Å². The fraction of sp³-hybridized carbons (Fsp3) is 0.407. The Morgan fingerprint density at radius 3 is 2.45 bits per heavy atom. The molecule has 0 amide bonds. The van der Waals surface area contributed by atoms with Gasteiger partial charge in [0.15, 0.2) is 5.82 Å². The highest BCUT2D eigenvalue weighted by Gasteiger charge is 2.27. The van der Waals surface area contributed by atoms with Crippen molar-refractivity contribution in [3.63, 3.8) is 0 Å². The predicted molar refractivity (Wildman–Crippen MR) is 139 cm³/mol. The molecular weight excluding hydrogens is 408 g/mol. The molecule has 1 fully saturated rings. The van der Waals surface area contributed by atoms with E-state index in [-0.39, 0.29) is 5.54 Å². The van der Waals surface area contributed by atoms with Gasteiger partial charge in [-0.3, -0.25) is 0 Å². The number of piperidine rings is 1. The fourth-order valence-corrected chi connectivity index (χ4v) is 4.74. The maximum absolute atomic E-state index is 10.2. The van der Waals surface area contributed by atoms with Crippen molar-refractivity contribution in [3.8, 4) is 6.07 Å². The third-order valence-electron chi connectivity index (χ3n) is 6.18. The Hall–Kier alpha value is -3.30. The fourth-order valence-electron chi connectivity index (χ4n) is 4.74. The van der Waals surface area contributed by atoms with Gasteiger partial charge < -0.3 is 20.9 Å². The van der Waals surface area contributed by atoms with Crippen LogP contribution in [0.5, 0.6) is 0 Å². The molecule has 2 heterocycles. The number of anilines is 4. The van der Waals surface area contributed by atoms with Crippen LogP contribution in [0.3, 0.4) is 0 Å². The average molecular weight is 443 g/mol. The maximum atomic E-state index is 10.2. The highest BCUT2D eigenvalue weighted by Crippen LogP contribution is 2.37. The zero-order valence-corrected chi connectivity index (χ0v) is 20.3. The second-order valence-electron chi connectivity index (χ2n) is 9.87. The summed E-state index contributed by atoms with van der Waals surface area (Å²) in [7, 11) is 1.92. The molecule has 0 saturated carbocycles. The van der Waals surface area contributed by atoms with Crippen molar-refractivity contribution in [2.75, 3.05) is 35.7 Å². The third-order valence-corrected chi connectivity index (χ3v) is 6.18. The Morgan fingerprint density at radius 1 is 1.09 bits per heavy atom. The van der Waals surface area contributed by atoms with Gasteiger partial charge in [-0.25, -0.2) is 4.98 Å². The summed E-state index contributed by atoms with van der Waals surface area (Å²) in [5.74, 6) is 0.609. The lowest BCUT2D eigenvalue weighted by Gasteiger charge is -2.38. The van der Waals surface area contributed by atoms with Gasteiger partial charge in [-0.1, -0.05) is 18.2 Å². The Bertz CT molecular complexity index is 1180. The van der Waals surface area contributed by atoms with Crippen molar-refractivity contribution in [1.82, 2.24) is 10.3 Å². The SMILES string of the molecule is CNc1ccc(Nc2nc3ccccc3c(N3CCC(NC(C)(C)C)CC3)c2C#N)cc1C. The number of hydrogen-bond acceptors (Lipinski definition) is 6. The molecule has 6 heteroatoms. The maximum Gasteiger partial charge on any atom is 0.151 e. The van der Waals surface area contributed by atoms with Crippen molar-refractivity contribution >= 4 is 33.8 Å². The molecule has 172 valence electrons. The largest absolute Gasteiger partial charge is 0.388 e. The first-order chi connectivity index (χ1) is 15.8. The second-order valence-corrected chi connectivity index (χ2v) is 9.87. The van der Waals surface area contributed by atoms with Crippen LogP contribution in [0.1, 0.15) is 44.7 Å². The molecule has 1 aromatic heterocycles. The summed E-state index contributed by atoms with van der Waals surface area (Å²) in [5.41, 5.74) is 5.73. The summed E-state index contributed by atoms with van der Waals surface area (Å²) in [5, 5.41) is 21.6. The van der Waals surface area contributed by atoms with Crippen molar-refractivity contribution in [1.29, 1.82) is 5.26 Å². The number of aryl methyl sites for hydroxylation is 1. The zero-order valence-electron chi connectivity index (χ0n) is 20.3. The Morgan fingerprint density at radius 2 is 1.82 bits per heavy atom. The van der Waals surface area contributed by atoms with Crippen LogP contribution in [0.4, 0.5) is 22.9 Å². The van der Waals surface area contributed by atoms with E-state index < -0.39 is 0 Å². The van der Waals surface area contributed by atoms with Crippen LogP contribution in [-0.2, 0) is 0 Å². The topological polar surface area (TPSA) is 76.0 Å². The van der Waals surface area contributed by atoms with Gasteiger partial charge in [0, 0.05) is 48.5 Å². The normalized spacial score (nSPS) is 14.8. The summed E-state index contributed by atoms with van der Waals surface area (Å²) < 4.78 is 0. The quantitative estimate of drug-likeness (QED) is 0.480. The average Bonchev–Trinajstić information content (AvgIpc) is 2.78. The van der Waals surface area contributed by atoms with E-state index in [2.05, 4.69) is 66.7 Å². The predicted octanol–water partition coefficient (Wildman–Crippen LogP) is 5.56. The Kier molecular flexibility index (Phi) is 6.44. The number of aromatic nitrogens is 1. The molecule has 33 heavy (non-hydrogen) atoms. The van der Waals surface area contributed by atoms with Crippen molar-refractivity contribution < 1.29 is 0 Å². The highest BCUT2D eigenvalue weighted by molar-refractivity contribution is 5.98. The van der Waals surface area contributed by atoms with E-state index in [4.69, 9.17) is 4.98 Å². The van der Waals surface area contributed by atoms with Crippen LogP contribution in [0.25, 0.3) is 10.9 Å². The lowest BCUT2D eigenvalue weighted by atomic mass is 9.98. The van der Waals surface area contributed by atoms with Gasteiger partial charge in [-0.05, 0) is 70.4 Å². The van der Waals surface area contributed by atoms with Gasteiger partial charge in [0.25, 0.3) is 0 Å². The molecule has 0 radical (unpaired) electrons. The number of hydrogen-bond donors (Lipinski definition) is 3. The van der Waals surface area contributed by atoms with Gasteiger partial charge in [-0.2, -0.15) is 5.26 Å². The van der Waals surface area contributed by atoms with E-state index in [0.717, 1.165) is 59.5 Å². The van der Waals surface area contributed by atoms with E-state index in [1.54, 1.807) is 0 Å². The van der Waals surface area contributed by atoms with E-state index in [1.165, 1.54) is 0 Å². The molecule has 3 N–H and O–H groups in total. The summed E-state index contributed by atoms with van der Waals surface area (Å²) in [6, 6.07) is 17.2. The summed E-state index contributed by atoms with van der Waals surface area (Å²) in [6.07, 6.45) is 2.10. The van der Waals surface area contributed by atoms with E-state index in [1.807, 2.05) is 37.4 Å².